The van der Waals surface area contributed by atoms with E-state index in [1.165, 1.54) is 0 Å². The molecule has 0 unspecified atom stereocenters. The molecule has 1 aliphatic heterocycles. The van der Waals surface area contributed by atoms with Gasteiger partial charge in [-0.1, -0.05) is 29.8 Å². The minimum Gasteiger partial charge on any atom is -0.495 e. The van der Waals surface area contributed by atoms with E-state index in [9.17, 15) is 5.11 Å². The highest BCUT2D eigenvalue weighted by molar-refractivity contribution is 6.32. The van der Waals surface area contributed by atoms with Crippen LogP contribution in [-0.2, 0) is 6.54 Å². The second-order valence-electron chi connectivity index (χ2n) is 7.25. The zero-order valence-electron chi connectivity index (χ0n) is 16.6. The number of halogens is 1. The Labute approximate surface area is 180 Å². The van der Waals surface area contributed by atoms with Crippen LogP contribution in [0.2, 0.25) is 5.02 Å². The Morgan fingerprint density at radius 1 is 1.20 bits per heavy atom. The quantitative estimate of drug-likeness (QED) is 0.592. The minimum atomic E-state index is -0.258. The summed E-state index contributed by atoms with van der Waals surface area (Å²) in [6.45, 7) is 9.33. The summed E-state index contributed by atoms with van der Waals surface area (Å²) in [6.07, 6.45) is 1.16. The van der Waals surface area contributed by atoms with E-state index >= 15 is 0 Å². The maximum Gasteiger partial charge on any atom is 0.188 e. The van der Waals surface area contributed by atoms with Gasteiger partial charge >= 0.3 is 0 Å². The van der Waals surface area contributed by atoms with Crippen LogP contribution in [0.1, 0.15) is 18.4 Å². The summed E-state index contributed by atoms with van der Waals surface area (Å²) in [5.74, 6) is 2.03. The minimum absolute atomic E-state index is 0.258. The number of benzene rings is 2. The summed E-state index contributed by atoms with van der Waals surface area (Å²) >= 11 is 6.23. The van der Waals surface area contributed by atoms with Crippen molar-refractivity contribution >= 4 is 39.7 Å². The Morgan fingerprint density at radius 2 is 2.00 bits per heavy atom. The Kier molecular flexibility index (Phi) is 5.88. The molecule has 1 fully saturated rings. The van der Waals surface area contributed by atoms with Crippen molar-refractivity contribution in [2.45, 2.75) is 25.5 Å². The predicted molar refractivity (Wildman–Crippen MR) is 119 cm³/mol. The van der Waals surface area contributed by atoms with Gasteiger partial charge < -0.3 is 20.1 Å². The lowest BCUT2D eigenvalue weighted by Crippen LogP contribution is -2.36. The first-order chi connectivity index (χ1) is 14.6. The molecular formula is C22H22ClN5O2. The van der Waals surface area contributed by atoms with Crippen molar-refractivity contribution in [3.63, 3.8) is 0 Å². The van der Waals surface area contributed by atoms with Gasteiger partial charge in [0.25, 0.3) is 0 Å². The predicted octanol–water partition coefficient (Wildman–Crippen LogP) is 4.42. The molecule has 0 amide bonds. The number of anilines is 2. The van der Waals surface area contributed by atoms with E-state index in [1.807, 2.05) is 30.3 Å². The van der Waals surface area contributed by atoms with Crippen molar-refractivity contribution in [3.8, 4) is 5.75 Å². The second kappa shape index (κ2) is 8.74. The number of aliphatic hydroxyl groups excluding tert-OH is 1. The number of hydrogen-bond donors (Lipinski definition) is 2. The van der Waals surface area contributed by atoms with Crippen LogP contribution in [0.15, 0.2) is 36.4 Å². The first-order valence-electron chi connectivity index (χ1n) is 9.76. The highest BCUT2D eigenvalue weighted by atomic mass is 35.5. The molecule has 30 heavy (non-hydrogen) atoms. The van der Waals surface area contributed by atoms with Gasteiger partial charge in [-0.05, 0) is 36.6 Å². The van der Waals surface area contributed by atoms with Crippen LogP contribution < -0.4 is 15.0 Å². The molecule has 2 aromatic carbocycles. The number of methoxy groups -OCH3 is 1. The zero-order chi connectivity index (χ0) is 21.1. The van der Waals surface area contributed by atoms with Crippen LogP contribution in [0, 0.1) is 6.57 Å². The molecule has 1 aromatic heterocycles. The molecule has 4 rings (SSSR count). The normalized spacial score (nSPS) is 14.5. The van der Waals surface area contributed by atoms with Gasteiger partial charge in [0, 0.05) is 30.4 Å². The Balaban J connectivity index is 1.65. The van der Waals surface area contributed by atoms with Crippen LogP contribution >= 0.6 is 11.6 Å². The fourth-order valence-electron chi connectivity index (χ4n) is 3.65. The summed E-state index contributed by atoms with van der Waals surface area (Å²) in [4.78, 5) is 5.70. The second-order valence-corrected chi connectivity index (χ2v) is 7.66. The van der Waals surface area contributed by atoms with Gasteiger partial charge in [-0.2, -0.15) is 0 Å². The van der Waals surface area contributed by atoms with E-state index in [1.54, 1.807) is 13.2 Å². The summed E-state index contributed by atoms with van der Waals surface area (Å²) in [7, 11) is 1.58. The topological polar surface area (TPSA) is 74.9 Å². The average Bonchev–Trinajstić information content (AvgIpc) is 2.77. The van der Waals surface area contributed by atoms with Crippen molar-refractivity contribution in [1.82, 2.24) is 10.2 Å². The first kappa shape index (κ1) is 20.2. The van der Waals surface area contributed by atoms with E-state index in [4.69, 9.17) is 22.9 Å². The number of aliphatic hydroxyl groups is 1. The van der Waals surface area contributed by atoms with Crippen molar-refractivity contribution in [2.24, 2.45) is 0 Å². The maximum atomic E-state index is 9.81. The van der Waals surface area contributed by atoms with E-state index in [2.05, 4.69) is 25.3 Å². The molecule has 1 saturated heterocycles. The molecule has 0 bridgehead atoms. The molecule has 3 aromatic rings. The van der Waals surface area contributed by atoms with Crippen molar-refractivity contribution in [3.05, 3.63) is 58.4 Å². The molecule has 0 saturated carbocycles. The molecule has 0 atom stereocenters. The van der Waals surface area contributed by atoms with Crippen LogP contribution in [0.25, 0.3) is 15.6 Å². The average molecular weight is 424 g/mol. The molecule has 0 radical (unpaired) electrons. The summed E-state index contributed by atoms with van der Waals surface area (Å²) in [5.41, 5.74) is 1.53. The summed E-state index contributed by atoms with van der Waals surface area (Å²) in [6, 6.07) is 11.2. The van der Waals surface area contributed by atoms with Gasteiger partial charge in [0.05, 0.1) is 24.8 Å². The third-order valence-electron chi connectivity index (χ3n) is 5.31. The maximum absolute atomic E-state index is 9.81. The van der Waals surface area contributed by atoms with Crippen LogP contribution in [0.4, 0.5) is 17.3 Å². The molecule has 154 valence electrons. The van der Waals surface area contributed by atoms with E-state index in [0.29, 0.717) is 41.7 Å². The van der Waals surface area contributed by atoms with E-state index in [0.717, 1.165) is 35.2 Å². The summed E-state index contributed by atoms with van der Waals surface area (Å²) in [5, 5.41) is 24.4. The number of fused-ring (bicyclic) bond motifs is 1. The van der Waals surface area contributed by atoms with Crippen LogP contribution in [0.5, 0.6) is 5.75 Å². The van der Waals surface area contributed by atoms with Gasteiger partial charge in [0.2, 0.25) is 0 Å². The van der Waals surface area contributed by atoms with E-state index < -0.39 is 0 Å². The van der Waals surface area contributed by atoms with Crippen molar-refractivity contribution in [1.29, 1.82) is 0 Å². The Hall–Kier alpha value is -3.08. The third-order valence-corrected chi connectivity index (χ3v) is 5.61. The number of hydrogen-bond acceptors (Lipinski definition) is 6. The number of nitrogens with one attached hydrogen (secondary N) is 1. The number of nitrogens with zero attached hydrogens (tertiary/aromatic N) is 4. The molecule has 0 spiro atoms. The zero-order valence-corrected chi connectivity index (χ0v) is 17.4. The molecule has 7 nitrogen and oxygen atoms in total. The number of aromatic nitrogens is 2. The fourth-order valence-corrected chi connectivity index (χ4v) is 3.93. The lowest BCUT2D eigenvalue weighted by atomic mass is 10.1. The van der Waals surface area contributed by atoms with Gasteiger partial charge in [-0.3, -0.25) is 0 Å². The highest BCUT2D eigenvalue weighted by Gasteiger charge is 2.21. The first-order valence-corrected chi connectivity index (χ1v) is 10.1. The number of ether oxygens (including phenoxy) is 1. The SMILES string of the molecule is [C-]#[N+]c1ccc2c(N3CCC(O)CC3)nnc(NCc3ccc(OC)c(Cl)c3)c2c1. The van der Waals surface area contributed by atoms with Gasteiger partial charge in [0.1, 0.15) is 5.75 Å². The van der Waals surface area contributed by atoms with Gasteiger partial charge in [-0.15, -0.1) is 10.2 Å². The van der Waals surface area contributed by atoms with Crippen LogP contribution in [0.3, 0.4) is 0 Å². The van der Waals surface area contributed by atoms with Gasteiger partial charge in [-0.25, -0.2) is 4.85 Å². The monoisotopic (exact) mass is 423 g/mol. The Bertz CT molecular complexity index is 1110. The summed E-state index contributed by atoms with van der Waals surface area (Å²) < 4.78 is 5.20. The number of rotatable bonds is 5. The highest BCUT2D eigenvalue weighted by Crippen LogP contribution is 2.33. The lowest BCUT2D eigenvalue weighted by Gasteiger charge is -2.31. The van der Waals surface area contributed by atoms with Crippen LogP contribution in [-0.4, -0.2) is 41.6 Å². The largest absolute Gasteiger partial charge is 0.495 e. The molecule has 2 heterocycles. The van der Waals surface area contributed by atoms with Gasteiger partial charge in [0.15, 0.2) is 17.3 Å². The molecule has 0 aliphatic carbocycles. The molecular weight excluding hydrogens is 402 g/mol. The van der Waals surface area contributed by atoms with Crippen molar-refractivity contribution < 1.29 is 9.84 Å². The molecule has 8 heteroatoms. The molecule has 2 N–H and O–H groups in total. The fraction of sp³-hybridized carbons (Fsp3) is 0.318. The standard InChI is InChI=1S/C22H22ClN5O2/c1-24-15-4-5-17-18(12-15)21(25-13-14-3-6-20(30-2)19(23)11-14)26-27-22(17)28-9-7-16(29)8-10-28/h3-6,11-12,16,29H,7-10,13H2,2H3,(H,25,26). The van der Waals surface area contributed by atoms with E-state index in [-0.39, 0.29) is 6.10 Å². The smallest absolute Gasteiger partial charge is 0.188 e. The third kappa shape index (κ3) is 4.11. The molecule has 1 aliphatic rings. The Morgan fingerprint density at radius 3 is 2.70 bits per heavy atom. The van der Waals surface area contributed by atoms with Crippen molar-refractivity contribution in [2.75, 3.05) is 30.4 Å². The lowest BCUT2D eigenvalue weighted by molar-refractivity contribution is 0.145. The number of piperidine rings is 1.